The van der Waals surface area contributed by atoms with E-state index in [-0.39, 0.29) is 18.2 Å². The molecule has 0 bridgehead atoms. The Morgan fingerprint density at radius 3 is 2.92 bits per heavy atom. The average Bonchev–Trinajstić information content (AvgIpc) is 3.25. The molecule has 2 aromatic heterocycles. The third kappa shape index (κ3) is 2.78. The lowest BCUT2D eigenvalue weighted by Crippen LogP contribution is -2.28. The molecule has 0 radical (unpaired) electrons. The third-order valence-electron chi connectivity index (χ3n) is 4.46. The van der Waals surface area contributed by atoms with Crippen LogP contribution in [0.5, 0.6) is 0 Å². The second-order valence-corrected chi connectivity index (χ2v) is 7.35. The van der Waals surface area contributed by atoms with Crippen LogP contribution in [0, 0.1) is 19.8 Å². The number of hydrogen-bond donors (Lipinski definition) is 2. The minimum atomic E-state index is -0.410. The molecule has 0 saturated carbocycles. The van der Waals surface area contributed by atoms with Crippen LogP contribution in [0.1, 0.15) is 17.0 Å². The molecule has 128 valence electrons. The van der Waals surface area contributed by atoms with Gasteiger partial charge in [-0.1, -0.05) is 12.1 Å². The number of aromatic nitrogens is 3. The smallest absolute Gasteiger partial charge is 0.231 e. The molecule has 1 atom stereocenters. The predicted molar refractivity (Wildman–Crippen MR) is 96.8 cm³/mol. The van der Waals surface area contributed by atoms with E-state index in [2.05, 4.69) is 20.5 Å². The Hall–Kier alpha value is -2.74. The molecule has 0 aliphatic carbocycles. The molecule has 7 nitrogen and oxygen atoms in total. The van der Waals surface area contributed by atoms with E-state index in [0.29, 0.717) is 17.5 Å². The van der Waals surface area contributed by atoms with Gasteiger partial charge in [0.2, 0.25) is 11.8 Å². The summed E-state index contributed by atoms with van der Waals surface area (Å²) < 4.78 is 0. The number of H-pyrrole nitrogens is 1. The van der Waals surface area contributed by atoms with Gasteiger partial charge in [-0.25, -0.2) is 4.98 Å². The molecule has 8 heteroatoms. The van der Waals surface area contributed by atoms with Gasteiger partial charge >= 0.3 is 0 Å². The number of para-hydroxylation sites is 1. The van der Waals surface area contributed by atoms with E-state index < -0.39 is 5.92 Å². The van der Waals surface area contributed by atoms with E-state index in [9.17, 15) is 9.59 Å². The van der Waals surface area contributed by atoms with Gasteiger partial charge in [-0.05, 0) is 26.0 Å². The van der Waals surface area contributed by atoms with Crippen LogP contribution >= 0.6 is 11.3 Å². The number of nitrogens with one attached hydrogen (secondary N) is 2. The maximum absolute atomic E-state index is 12.5. The highest BCUT2D eigenvalue weighted by molar-refractivity contribution is 7.15. The lowest BCUT2D eigenvalue weighted by Gasteiger charge is -2.13. The number of nitrogens with zero attached hydrogens (tertiary/aromatic N) is 3. The molecule has 1 aromatic carbocycles. The molecule has 2 amide bonds. The largest absolute Gasteiger partial charge is 0.302 e. The van der Waals surface area contributed by atoms with Gasteiger partial charge in [-0.3, -0.25) is 19.6 Å². The summed E-state index contributed by atoms with van der Waals surface area (Å²) in [5.41, 5.74) is 1.78. The summed E-state index contributed by atoms with van der Waals surface area (Å²) in [4.78, 5) is 31.9. The second-order valence-electron chi connectivity index (χ2n) is 6.15. The number of anilines is 2. The molecular weight excluding hydrogens is 338 g/mol. The molecule has 1 aliphatic heterocycles. The van der Waals surface area contributed by atoms with Crippen LogP contribution in [-0.4, -0.2) is 33.5 Å². The fourth-order valence-electron chi connectivity index (χ4n) is 2.98. The summed E-state index contributed by atoms with van der Waals surface area (Å²) in [5, 5.41) is 11.5. The molecule has 0 spiro atoms. The zero-order valence-electron chi connectivity index (χ0n) is 13.9. The molecule has 1 aliphatic rings. The van der Waals surface area contributed by atoms with Crippen LogP contribution in [-0.2, 0) is 9.59 Å². The summed E-state index contributed by atoms with van der Waals surface area (Å²) in [7, 11) is 0. The first-order chi connectivity index (χ1) is 12.0. The number of rotatable bonds is 3. The quantitative estimate of drug-likeness (QED) is 0.755. The Labute approximate surface area is 148 Å². The van der Waals surface area contributed by atoms with Crippen molar-refractivity contribution in [3.05, 3.63) is 34.8 Å². The lowest BCUT2D eigenvalue weighted by atomic mass is 10.1. The first-order valence-corrected chi connectivity index (χ1v) is 8.83. The topological polar surface area (TPSA) is 91.0 Å². The van der Waals surface area contributed by atoms with Crippen molar-refractivity contribution in [2.24, 2.45) is 5.92 Å². The maximum Gasteiger partial charge on any atom is 0.231 e. The van der Waals surface area contributed by atoms with E-state index in [4.69, 9.17) is 0 Å². The SMILES string of the molecule is Cc1nc(NC(=O)C2CC(=O)N(c3n[nH]c4ccccc34)C2)sc1C. The Bertz CT molecular complexity index is 957. The van der Waals surface area contributed by atoms with Gasteiger partial charge in [-0.15, -0.1) is 11.3 Å². The second kappa shape index (κ2) is 5.96. The van der Waals surface area contributed by atoms with Crippen molar-refractivity contribution in [3.63, 3.8) is 0 Å². The monoisotopic (exact) mass is 355 g/mol. The van der Waals surface area contributed by atoms with Gasteiger partial charge in [0, 0.05) is 23.2 Å². The van der Waals surface area contributed by atoms with Crippen molar-refractivity contribution >= 4 is 45.0 Å². The van der Waals surface area contributed by atoms with Crippen molar-refractivity contribution in [1.82, 2.24) is 15.2 Å². The highest BCUT2D eigenvalue weighted by Gasteiger charge is 2.37. The summed E-state index contributed by atoms with van der Waals surface area (Å²) in [5.74, 6) is -0.0994. The molecule has 1 saturated heterocycles. The first-order valence-electron chi connectivity index (χ1n) is 8.01. The van der Waals surface area contributed by atoms with Crippen molar-refractivity contribution in [2.45, 2.75) is 20.3 Å². The van der Waals surface area contributed by atoms with Crippen molar-refractivity contribution in [2.75, 3.05) is 16.8 Å². The van der Waals surface area contributed by atoms with Crippen LogP contribution in [0.2, 0.25) is 0 Å². The van der Waals surface area contributed by atoms with Gasteiger partial charge in [0.25, 0.3) is 0 Å². The van der Waals surface area contributed by atoms with E-state index >= 15 is 0 Å². The average molecular weight is 355 g/mol. The zero-order valence-corrected chi connectivity index (χ0v) is 14.7. The van der Waals surface area contributed by atoms with Gasteiger partial charge in [-0.2, -0.15) is 5.10 Å². The van der Waals surface area contributed by atoms with Gasteiger partial charge in [0.15, 0.2) is 10.9 Å². The number of benzene rings is 1. The minimum absolute atomic E-state index is 0.0936. The molecule has 1 fully saturated rings. The van der Waals surface area contributed by atoms with Gasteiger partial charge < -0.3 is 5.32 Å². The highest BCUT2D eigenvalue weighted by Crippen LogP contribution is 2.30. The molecule has 3 aromatic rings. The number of hydrogen-bond acceptors (Lipinski definition) is 5. The molecule has 4 rings (SSSR count). The molecule has 1 unspecified atom stereocenters. The zero-order chi connectivity index (χ0) is 17.6. The number of thiazole rings is 1. The number of aryl methyl sites for hydroxylation is 2. The Kier molecular flexibility index (Phi) is 3.76. The lowest BCUT2D eigenvalue weighted by molar-refractivity contribution is -0.122. The number of fused-ring (bicyclic) bond motifs is 1. The third-order valence-corrected chi connectivity index (χ3v) is 5.45. The van der Waals surface area contributed by atoms with Crippen LogP contribution < -0.4 is 10.2 Å². The first kappa shape index (κ1) is 15.8. The van der Waals surface area contributed by atoms with Gasteiger partial charge in [0.1, 0.15) is 0 Å². The summed E-state index contributed by atoms with van der Waals surface area (Å²) in [6.45, 7) is 4.19. The number of carbonyl (C=O) groups excluding carboxylic acids is 2. The minimum Gasteiger partial charge on any atom is -0.302 e. The van der Waals surface area contributed by atoms with E-state index in [1.54, 1.807) is 4.90 Å². The van der Waals surface area contributed by atoms with E-state index in [1.165, 1.54) is 11.3 Å². The summed E-state index contributed by atoms with van der Waals surface area (Å²) in [6, 6.07) is 7.63. The molecule has 2 N–H and O–H groups in total. The Balaban J connectivity index is 1.52. The molecule has 3 heterocycles. The normalized spacial score (nSPS) is 17.4. The maximum atomic E-state index is 12.5. The Morgan fingerprint density at radius 1 is 1.36 bits per heavy atom. The van der Waals surface area contributed by atoms with Crippen molar-refractivity contribution in [1.29, 1.82) is 0 Å². The number of amides is 2. The molecule has 25 heavy (non-hydrogen) atoms. The summed E-state index contributed by atoms with van der Waals surface area (Å²) >= 11 is 1.44. The van der Waals surface area contributed by atoms with Crippen LogP contribution in [0.15, 0.2) is 24.3 Å². The van der Waals surface area contributed by atoms with Crippen LogP contribution in [0.3, 0.4) is 0 Å². The fraction of sp³-hybridized carbons (Fsp3) is 0.294. The van der Waals surface area contributed by atoms with Gasteiger partial charge in [0.05, 0.1) is 17.1 Å². The standard InChI is InChI=1S/C17H17N5O2S/c1-9-10(2)25-17(18-9)19-16(24)11-7-14(23)22(8-11)15-12-5-3-4-6-13(12)20-21-15/h3-6,11H,7-8H2,1-2H3,(H,20,21)(H,18,19,24). The van der Waals surface area contributed by atoms with E-state index in [0.717, 1.165) is 21.5 Å². The van der Waals surface area contributed by atoms with Crippen LogP contribution in [0.4, 0.5) is 10.9 Å². The Morgan fingerprint density at radius 2 is 2.16 bits per heavy atom. The van der Waals surface area contributed by atoms with E-state index in [1.807, 2.05) is 38.1 Å². The highest BCUT2D eigenvalue weighted by atomic mass is 32.1. The molecular formula is C17H17N5O2S. The number of aromatic amines is 1. The van der Waals surface area contributed by atoms with Crippen molar-refractivity contribution in [3.8, 4) is 0 Å². The fourth-order valence-corrected chi connectivity index (χ4v) is 3.79. The number of carbonyl (C=O) groups is 2. The van der Waals surface area contributed by atoms with Crippen LogP contribution in [0.25, 0.3) is 10.9 Å². The predicted octanol–water partition coefficient (Wildman–Crippen LogP) is 2.63. The van der Waals surface area contributed by atoms with Crippen molar-refractivity contribution < 1.29 is 9.59 Å². The summed E-state index contributed by atoms with van der Waals surface area (Å²) in [6.07, 6.45) is 0.177.